The van der Waals surface area contributed by atoms with Gasteiger partial charge < -0.3 is 15.2 Å². The van der Waals surface area contributed by atoms with Gasteiger partial charge in [-0.1, -0.05) is 33.5 Å². The summed E-state index contributed by atoms with van der Waals surface area (Å²) in [5.41, 5.74) is 7.23. The molecule has 0 saturated carbocycles. The summed E-state index contributed by atoms with van der Waals surface area (Å²) in [6, 6.07) is 1.04. The molecule has 1 fully saturated rings. The highest BCUT2D eigenvalue weighted by atomic mass is 79.9. The van der Waals surface area contributed by atoms with Gasteiger partial charge in [-0.25, -0.2) is 4.98 Å². The van der Waals surface area contributed by atoms with Crippen LogP contribution < -0.4 is 10.5 Å². The molecular weight excluding hydrogens is 414 g/mol. The van der Waals surface area contributed by atoms with Gasteiger partial charge in [0.25, 0.3) is 0 Å². The van der Waals surface area contributed by atoms with Gasteiger partial charge in [0.15, 0.2) is 15.9 Å². The van der Waals surface area contributed by atoms with Crippen LogP contribution in [0.3, 0.4) is 0 Å². The van der Waals surface area contributed by atoms with E-state index in [1.165, 1.54) is 0 Å². The molecule has 9 heteroatoms. The average Bonchev–Trinajstić information content (AvgIpc) is 3.05. The van der Waals surface area contributed by atoms with E-state index in [0.717, 1.165) is 18.9 Å². The zero-order chi connectivity index (χ0) is 19.1. The van der Waals surface area contributed by atoms with Crippen LogP contribution in [-0.4, -0.2) is 40.3 Å². The van der Waals surface area contributed by atoms with Crippen LogP contribution in [0.2, 0.25) is 25.7 Å². The smallest absolute Gasteiger partial charge is 0.247 e. The molecule has 3 unspecified atom stereocenters. The number of anilines is 1. The fraction of sp³-hybridized carbons (Fsp3) is 0.706. The lowest BCUT2D eigenvalue weighted by atomic mass is 10.0. The molecule has 0 aliphatic carbocycles. The van der Waals surface area contributed by atoms with Crippen LogP contribution in [0.15, 0.2) is 4.73 Å². The van der Waals surface area contributed by atoms with Crippen molar-refractivity contribution in [1.82, 2.24) is 19.5 Å². The first-order valence-electron chi connectivity index (χ1n) is 9.19. The lowest BCUT2D eigenvalue weighted by Crippen LogP contribution is -2.22. The largest absolute Gasteiger partial charge is 0.476 e. The Bertz CT molecular complexity index is 792. The van der Waals surface area contributed by atoms with Crippen molar-refractivity contribution in [3.63, 3.8) is 0 Å². The third-order valence-electron chi connectivity index (χ3n) is 4.80. The Hall–Kier alpha value is -1.19. The van der Waals surface area contributed by atoms with Gasteiger partial charge in [-0.3, -0.25) is 4.57 Å². The number of nitrogen functional groups attached to an aromatic ring is 1. The van der Waals surface area contributed by atoms with Gasteiger partial charge in [0, 0.05) is 8.07 Å². The van der Waals surface area contributed by atoms with Gasteiger partial charge in [-0.2, -0.15) is 9.97 Å². The second-order valence-corrected chi connectivity index (χ2v) is 14.6. The number of imidazole rings is 1. The molecule has 3 heterocycles. The molecule has 2 aromatic heterocycles. The second kappa shape index (κ2) is 7.44. The highest BCUT2D eigenvalue weighted by Gasteiger charge is 2.34. The summed E-state index contributed by atoms with van der Waals surface area (Å²) in [6.07, 6.45) is 2.04. The molecule has 26 heavy (non-hydrogen) atoms. The summed E-state index contributed by atoms with van der Waals surface area (Å²) in [6.45, 7) is 11.9. The predicted molar refractivity (Wildman–Crippen MR) is 109 cm³/mol. The van der Waals surface area contributed by atoms with Crippen LogP contribution in [0.4, 0.5) is 5.95 Å². The van der Waals surface area contributed by atoms with Crippen LogP contribution in [-0.2, 0) is 4.74 Å². The molecule has 144 valence electrons. The van der Waals surface area contributed by atoms with E-state index in [0.29, 0.717) is 34.3 Å². The van der Waals surface area contributed by atoms with E-state index in [4.69, 9.17) is 15.2 Å². The highest BCUT2D eigenvalue weighted by Crippen LogP contribution is 2.39. The first-order chi connectivity index (χ1) is 12.2. The van der Waals surface area contributed by atoms with E-state index in [-0.39, 0.29) is 18.3 Å². The summed E-state index contributed by atoms with van der Waals surface area (Å²) in [7, 11) is -1.19. The van der Waals surface area contributed by atoms with Crippen molar-refractivity contribution in [2.45, 2.75) is 64.7 Å². The standard InChI is InChI=1S/C17H28BrN5O2Si/c1-6-11-10(2)9-12(25-11)23-14-13(20-16(23)18)15(22-17(19)21-14)24-7-8-26(3,4)5/h10-12H,6-9H2,1-5H3,(H2,19,21,22). The summed E-state index contributed by atoms with van der Waals surface area (Å²) in [4.78, 5) is 13.3. The van der Waals surface area contributed by atoms with E-state index in [9.17, 15) is 0 Å². The highest BCUT2D eigenvalue weighted by molar-refractivity contribution is 9.10. The molecule has 0 bridgehead atoms. The predicted octanol–water partition coefficient (Wildman–Crippen LogP) is 4.22. The molecule has 2 N–H and O–H groups in total. The Morgan fingerprint density at radius 3 is 2.65 bits per heavy atom. The van der Waals surface area contributed by atoms with Gasteiger partial charge in [-0.15, -0.1) is 0 Å². The Kier molecular flexibility index (Phi) is 5.60. The molecule has 1 aliphatic rings. The molecule has 0 amide bonds. The third-order valence-corrected chi connectivity index (χ3v) is 7.07. The normalized spacial score (nSPS) is 23.7. The molecule has 0 spiro atoms. The maximum Gasteiger partial charge on any atom is 0.247 e. The lowest BCUT2D eigenvalue weighted by Gasteiger charge is -2.16. The number of hydrogen-bond donors (Lipinski definition) is 1. The van der Waals surface area contributed by atoms with Crippen LogP contribution in [0, 0.1) is 5.92 Å². The number of nitrogens with two attached hydrogens (primary N) is 1. The number of rotatable bonds is 6. The summed E-state index contributed by atoms with van der Waals surface area (Å²) >= 11 is 3.55. The van der Waals surface area contributed by atoms with Gasteiger partial charge in [-0.05, 0) is 40.7 Å². The molecule has 7 nitrogen and oxygen atoms in total. The van der Waals surface area contributed by atoms with Crippen LogP contribution in [0.5, 0.6) is 5.88 Å². The fourth-order valence-electron chi connectivity index (χ4n) is 3.27. The van der Waals surface area contributed by atoms with Gasteiger partial charge in [0.1, 0.15) is 6.23 Å². The van der Waals surface area contributed by atoms with E-state index in [2.05, 4.69) is 64.4 Å². The van der Waals surface area contributed by atoms with Crippen molar-refractivity contribution >= 4 is 41.1 Å². The maximum absolute atomic E-state index is 6.22. The molecule has 2 aromatic rings. The average molecular weight is 442 g/mol. The minimum Gasteiger partial charge on any atom is -0.476 e. The maximum atomic E-state index is 6.22. The van der Waals surface area contributed by atoms with Crippen molar-refractivity contribution in [1.29, 1.82) is 0 Å². The number of hydrogen-bond acceptors (Lipinski definition) is 6. The molecule has 1 saturated heterocycles. The van der Waals surface area contributed by atoms with Gasteiger partial charge >= 0.3 is 0 Å². The van der Waals surface area contributed by atoms with Crippen molar-refractivity contribution in [3.05, 3.63) is 4.73 Å². The minimum atomic E-state index is -1.19. The quantitative estimate of drug-likeness (QED) is 0.532. The summed E-state index contributed by atoms with van der Waals surface area (Å²) < 4.78 is 14.8. The van der Waals surface area contributed by atoms with E-state index < -0.39 is 8.07 Å². The Morgan fingerprint density at radius 2 is 2.04 bits per heavy atom. The number of ether oxygens (including phenoxy) is 2. The van der Waals surface area contributed by atoms with E-state index in [1.807, 2.05) is 4.57 Å². The first-order valence-corrected chi connectivity index (χ1v) is 13.7. The van der Waals surface area contributed by atoms with Crippen molar-refractivity contribution in [3.8, 4) is 5.88 Å². The van der Waals surface area contributed by atoms with Crippen LogP contribution in [0.1, 0.15) is 32.9 Å². The Morgan fingerprint density at radius 1 is 1.31 bits per heavy atom. The number of aromatic nitrogens is 4. The van der Waals surface area contributed by atoms with E-state index >= 15 is 0 Å². The Labute approximate surface area is 163 Å². The molecule has 1 aliphatic heterocycles. The number of halogens is 1. The zero-order valence-electron chi connectivity index (χ0n) is 16.1. The molecule has 3 atom stereocenters. The molecule has 3 rings (SSSR count). The topological polar surface area (TPSA) is 88.1 Å². The van der Waals surface area contributed by atoms with Crippen molar-refractivity contribution in [2.75, 3.05) is 12.3 Å². The fourth-order valence-corrected chi connectivity index (χ4v) is 4.56. The zero-order valence-corrected chi connectivity index (χ0v) is 18.7. The minimum absolute atomic E-state index is 0.113. The summed E-state index contributed by atoms with van der Waals surface area (Å²) in [5.74, 6) is 1.12. The molecular formula is C17H28BrN5O2Si. The number of fused-ring (bicyclic) bond motifs is 1. The van der Waals surface area contributed by atoms with E-state index in [1.54, 1.807) is 0 Å². The second-order valence-electron chi connectivity index (χ2n) is 8.22. The SMILES string of the molecule is CCC1OC(n2c(Br)nc3c(OCC[Si](C)(C)C)nc(N)nc32)CC1C. The Balaban J connectivity index is 1.93. The van der Waals surface area contributed by atoms with Gasteiger partial charge in [0.05, 0.1) is 12.7 Å². The van der Waals surface area contributed by atoms with Crippen molar-refractivity contribution < 1.29 is 9.47 Å². The third kappa shape index (κ3) is 4.04. The monoisotopic (exact) mass is 441 g/mol. The molecule has 0 aromatic carbocycles. The molecule has 0 radical (unpaired) electrons. The number of nitrogens with zero attached hydrogens (tertiary/aromatic N) is 4. The first kappa shape index (κ1) is 19.6. The van der Waals surface area contributed by atoms with Crippen molar-refractivity contribution in [2.24, 2.45) is 5.92 Å². The lowest BCUT2D eigenvalue weighted by molar-refractivity contribution is -0.00419. The summed E-state index contributed by atoms with van der Waals surface area (Å²) in [5, 5.41) is 0. The van der Waals surface area contributed by atoms with Crippen LogP contribution in [0.25, 0.3) is 11.2 Å². The van der Waals surface area contributed by atoms with Gasteiger partial charge in [0.2, 0.25) is 11.8 Å². The van der Waals surface area contributed by atoms with Crippen LogP contribution >= 0.6 is 15.9 Å².